The van der Waals surface area contributed by atoms with E-state index in [0.29, 0.717) is 0 Å². The van der Waals surface area contributed by atoms with Gasteiger partial charge in [-0.2, -0.15) is 4.58 Å². The highest BCUT2D eigenvalue weighted by atomic mass is 16.4. The molecule has 4 aromatic carbocycles. The average Bonchev–Trinajstić information content (AvgIpc) is 2.99. The second kappa shape index (κ2) is 14.1. The van der Waals surface area contributed by atoms with E-state index in [1.165, 1.54) is 0 Å². The zero-order chi connectivity index (χ0) is 30.9. The van der Waals surface area contributed by atoms with Gasteiger partial charge in [-0.25, -0.2) is 4.79 Å². The summed E-state index contributed by atoms with van der Waals surface area (Å²) in [7, 11) is 0. The van der Waals surface area contributed by atoms with Gasteiger partial charge in [0.1, 0.15) is 6.54 Å². The molecule has 4 rings (SSSR count). The molecular formula is C37H37N2O4+. The fourth-order valence-electron chi connectivity index (χ4n) is 5.25. The van der Waals surface area contributed by atoms with Gasteiger partial charge in [-0.15, -0.1) is 0 Å². The highest BCUT2D eigenvalue weighted by molar-refractivity contribution is 5.93. The lowest BCUT2D eigenvalue weighted by molar-refractivity contribution is -0.431. The number of allylic oxidation sites excluding steroid dienone is 8. The van der Waals surface area contributed by atoms with Crippen LogP contribution in [0.15, 0.2) is 121 Å². The summed E-state index contributed by atoms with van der Waals surface area (Å²) in [6.07, 6.45) is 13.1. The lowest BCUT2D eigenvalue weighted by Crippen LogP contribution is -2.28. The summed E-state index contributed by atoms with van der Waals surface area (Å²) >= 11 is 0. The van der Waals surface area contributed by atoms with E-state index in [2.05, 4.69) is 0 Å². The molecule has 0 aliphatic heterocycles. The van der Waals surface area contributed by atoms with Gasteiger partial charge in [0.2, 0.25) is 12.2 Å². The van der Waals surface area contributed by atoms with Crippen molar-refractivity contribution in [1.82, 2.24) is 0 Å². The molecule has 218 valence electrons. The normalized spacial score (nSPS) is 13.0. The van der Waals surface area contributed by atoms with E-state index in [9.17, 15) is 19.8 Å². The van der Waals surface area contributed by atoms with E-state index < -0.39 is 11.9 Å². The van der Waals surface area contributed by atoms with Crippen LogP contribution in [0.2, 0.25) is 0 Å². The number of carbonyl (C=O) groups is 2. The molecule has 2 N–H and O–H groups in total. The van der Waals surface area contributed by atoms with Crippen molar-refractivity contribution in [2.24, 2.45) is 0 Å². The molecule has 0 fully saturated rings. The standard InChI is InChI=1S/C37H36N2O4/c1-26(38(24-36(40)41)34-22-20-30-16-10-12-18-32(30)28(34)3)14-8-6-5-7-9-15-27(2)39(25-37(42)43)35-23-21-31-17-11-13-19-33(31)29(35)4/h5-23H,24-25H2,1-4H3,(H-,40,41,42,43)/p+1. The molecule has 0 radical (unpaired) electrons. The highest BCUT2D eigenvalue weighted by Gasteiger charge is 2.20. The first-order valence-corrected chi connectivity index (χ1v) is 14.1. The van der Waals surface area contributed by atoms with Crippen molar-refractivity contribution in [3.05, 3.63) is 132 Å². The predicted octanol–water partition coefficient (Wildman–Crippen LogP) is 7.96. The number of hydrogen-bond acceptors (Lipinski definition) is 3. The number of anilines is 1. The Morgan fingerprint density at radius 1 is 0.721 bits per heavy atom. The van der Waals surface area contributed by atoms with Gasteiger partial charge < -0.3 is 15.1 Å². The number of benzene rings is 4. The molecule has 0 aliphatic carbocycles. The summed E-state index contributed by atoms with van der Waals surface area (Å²) in [5, 5.41) is 23.6. The fourth-order valence-corrected chi connectivity index (χ4v) is 5.25. The average molecular weight is 574 g/mol. The molecule has 0 unspecified atom stereocenters. The van der Waals surface area contributed by atoms with Crippen LogP contribution in [0.25, 0.3) is 21.5 Å². The minimum Gasteiger partial charge on any atom is -0.480 e. The third kappa shape index (κ3) is 7.54. The molecule has 6 heteroatoms. The quantitative estimate of drug-likeness (QED) is 0.108. The monoisotopic (exact) mass is 573 g/mol. The van der Waals surface area contributed by atoms with Crippen LogP contribution in [0, 0.1) is 13.8 Å². The zero-order valence-corrected chi connectivity index (χ0v) is 25.0. The summed E-state index contributed by atoms with van der Waals surface area (Å²) < 4.78 is 1.81. The van der Waals surface area contributed by atoms with E-state index in [1.54, 1.807) is 0 Å². The largest absolute Gasteiger partial charge is 0.480 e. The van der Waals surface area contributed by atoms with Crippen LogP contribution in [0.4, 0.5) is 11.4 Å². The van der Waals surface area contributed by atoms with Crippen LogP contribution in [0.5, 0.6) is 0 Å². The van der Waals surface area contributed by atoms with Crippen LogP contribution in [-0.2, 0) is 9.59 Å². The molecule has 6 nitrogen and oxygen atoms in total. The Hall–Kier alpha value is -5.23. The second-order valence-electron chi connectivity index (χ2n) is 10.4. The third-order valence-electron chi connectivity index (χ3n) is 7.48. The number of rotatable bonds is 11. The Balaban J connectivity index is 1.52. The van der Waals surface area contributed by atoms with Crippen LogP contribution in [0.3, 0.4) is 0 Å². The molecule has 0 heterocycles. The predicted molar refractivity (Wildman–Crippen MR) is 177 cm³/mol. The van der Waals surface area contributed by atoms with Gasteiger partial charge in [-0.1, -0.05) is 85.0 Å². The molecule has 0 bridgehead atoms. The molecule has 0 aromatic heterocycles. The van der Waals surface area contributed by atoms with Gasteiger partial charge in [-0.3, -0.25) is 4.79 Å². The van der Waals surface area contributed by atoms with Crippen molar-refractivity contribution in [2.45, 2.75) is 27.7 Å². The van der Waals surface area contributed by atoms with E-state index in [-0.39, 0.29) is 13.1 Å². The first-order valence-electron chi connectivity index (χ1n) is 14.1. The second-order valence-corrected chi connectivity index (χ2v) is 10.4. The van der Waals surface area contributed by atoms with Crippen molar-refractivity contribution in [1.29, 1.82) is 0 Å². The summed E-state index contributed by atoms with van der Waals surface area (Å²) in [4.78, 5) is 25.2. The molecule has 0 amide bonds. The number of fused-ring (bicyclic) bond motifs is 2. The molecular weight excluding hydrogens is 536 g/mol. The van der Waals surface area contributed by atoms with Gasteiger partial charge in [0.15, 0.2) is 5.71 Å². The van der Waals surface area contributed by atoms with E-state index in [0.717, 1.165) is 55.5 Å². The number of carboxylic acids is 2. The Kier molecular flexibility index (Phi) is 10.1. The summed E-state index contributed by atoms with van der Waals surface area (Å²) in [6, 6.07) is 24.1. The summed E-state index contributed by atoms with van der Waals surface area (Å²) in [5.41, 5.74) is 5.40. The van der Waals surface area contributed by atoms with Crippen molar-refractivity contribution < 1.29 is 24.4 Å². The molecule has 0 saturated carbocycles. The first kappa shape index (κ1) is 30.7. The smallest absolute Gasteiger partial charge is 0.370 e. The van der Waals surface area contributed by atoms with Crippen LogP contribution in [0.1, 0.15) is 25.0 Å². The summed E-state index contributed by atoms with van der Waals surface area (Å²) in [5.74, 6) is -1.81. The Morgan fingerprint density at radius 2 is 1.30 bits per heavy atom. The van der Waals surface area contributed by atoms with Crippen LogP contribution >= 0.6 is 0 Å². The maximum Gasteiger partial charge on any atom is 0.370 e. The number of hydrogen-bond donors (Lipinski definition) is 2. The van der Waals surface area contributed by atoms with Gasteiger partial charge in [0, 0.05) is 36.0 Å². The van der Waals surface area contributed by atoms with Gasteiger partial charge in [0.05, 0.1) is 0 Å². The zero-order valence-electron chi connectivity index (χ0n) is 25.0. The SMILES string of the molecule is C\C(=C/C=C/C=C/C=C/C(C)=[N+](\CC(=O)O)c1ccc2ccccc2c1C)N(CC(=O)O)c1ccc2ccccc2c1C. The van der Waals surface area contributed by atoms with Gasteiger partial charge in [-0.05, 0) is 66.1 Å². The lowest BCUT2D eigenvalue weighted by Gasteiger charge is -2.26. The fraction of sp³-hybridized carbons (Fsp3) is 0.162. The Bertz CT molecular complexity index is 1830. The third-order valence-corrected chi connectivity index (χ3v) is 7.48. The lowest BCUT2D eigenvalue weighted by atomic mass is 10.0. The number of aryl methyl sites for hydroxylation is 2. The van der Waals surface area contributed by atoms with Crippen LogP contribution in [-0.4, -0.2) is 45.5 Å². The molecule has 4 aromatic rings. The van der Waals surface area contributed by atoms with Crippen LogP contribution < -0.4 is 4.90 Å². The number of aliphatic carboxylic acids is 2. The first-order chi connectivity index (χ1) is 20.7. The molecule has 0 spiro atoms. The summed E-state index contributed by atoms with van der Waals surface area (Å²) in [6.45, 7) is 7.54. The van der Waals surface area contributed by atoms with Crippen molar-refractivity contribution >= 4 is 50.6 Å². The maximum absolute atomic E-state index is 11.7. The molecule has 0 aliphatic rings. The molecule has 43 heavy (non-hydrogen) atoms. The number of carboxylic acid groups (broad SMARTS) is 2. The van der Waals surface area contributed by atoms with Crippen molar-refractivity contribution in [3.63, 3.8) is 0 Å². The van der Waals surface area contributed by atoms with Crippen molar-refractivity contribution in [3.8, 4) is 0 Å². The van der Waals surface area contributed by atoms with Gasteiger partial charge >= 0.3 is 11.9 Å². The van der Waals surface area contributed by atoms with E-state index >= 15 is 0 Å². The minimum atomic E-state index is -0.906. The van der Waals surface area contributed by atoms with Gasteiger partial charge in [0.25, 0.3) is 0 Å². The Morgan fingerprint density at radius 3 is 1.95 bits per heavy atom. The molecule has 0 atom stereocenters. The topological polar surface area (TPSA) is 80.9 Å². The van der Waals surface area contributed by atoms with Crippen molar-refractivity contribution in [2.75, 3.05) is 18.0 Å². The molecule has 0 saturated heterocycles. The number of nitrogens with zero attached hydrogens (tertiary/aromatic N) is 2. The van der Waals surface area contributed by atoms with E-state index in [1.807, 2.05) is 152 Å². The maximum atomic E-state index is 11.7. The Labute approximate surface area is 252 Å². The minimum absolute atomic E-state index is 0.146. The van der Waals surface area contributed by atoms with E-state index in [4.69, 9.17) is 0 Å². The highest BCUT2D eigenvalue weighted by Crippen LogP contribution is 2.30.